The van der Waals surface area contributed by atoms with E-state index in [1.165, 1.54) is 4.90 Å². The first kappa shape index (κ1) is 16.1. The summed E-state index contributed by atoms with van der Waals surface area (Å²) in [6.07, 6.45) is -0.0561. The molecule has 0 bridgehead atoms. The number of urea groups is 1. The number of aliphatic carboxylic acids is 1. The van der Waals surface area contributed by atoms with Gasteiger partial charge in [0, 0.05) is 18.7 Å². The van der Waals surface area contributed by atoms with Crippen LogP contribution in [0, 0.1) is 13.8 Å². The van der Waals surface area contributed by atoms with E-state index in [9.17, 15) is 9.59 Å². The van der Waals surface area contributed by atoms with Gasteiger partial charge in [0.05, 0.1) is 12.5 Å². The molecule has 1 heterocycles. The molecule has 0 saturated carbocycles. The molecule has 1 unspecified atom stereocenters. The molecule has 112 valence electrons. The zero-order valence-corrected chi connectivity index (χ0v) is 12.4. The summed E-state index contributed by atoms with van der Waals surface area (Å²) in [6, 6.07) is 1.45. The molecule has 1 aromatic heterocycles. The second-order valence-electron chi connectivity index (χ2n) is 4.76. The Morgan fingerprint density at radius 2 is 2.10 bits per heavy atom. The van der Waals surface area contributed by atoms with Crippen LogP contribution in [0.25, 0.3) is 0 Å². The average molecular weight is 282 g/mol. The van der Waals surface area contributed by atoms with Gasteiger partial charge in [0.15, 0.2) is 0 Å². The van der Waals surface area contributed by atoms with E-state index in [0.717, 1.165) is 17.1 Å². The summed E-state index contributed by atoms with van der Waals surface area (Å²) >= 11 is 0. The standard InChI is InChI=1S/C14H22N2O4/c1-5-16(7-6-13(17)18)14(19)15-10(3)12-8-9(2)20-11(12)4/h8,10H,5-7H2,1-4H3,(H,15,19)(H,17,18). The summed E-state index contributed by atoms with van der Waals surface area (Å²) in [7, 11) is 0. The van der Waals surface area contributed by atoms with Crippen LogP contribution in [0.1, 0.15) is 43.4 Å². The van der Waals surface area contributed by atoms with Gasteiger partial charge >= 0.3 is 12.0 Å². The molecule has 2 N–H and O–H groups in total. The topological polar surface area (TPSA) is 82.8 Å². The zero-order valence-electron chi connectivity index (χ0n) is 12.4. The minimum Gasteiger partial charge on any atom is -0.481 e. The molecule has 1 rings (SSSR count). The third-order valence-electron chi connectivity index (χ3n) is 3.15. The largest absolute Gasteiger partial charge is 0.481 e. The number of furan rings is 1. The van der Waals surface area contributed by atoms with Gasteiger partial charge in [-0.3, -0.25) is 4.79 Å². The van der Waals surface area contributed by atoms with E-state index in [1.54, 1.807) is 0 Å². The van der Waals surface area contributed by atoms with Crippen molar-refractivity contribution in [2.45, 2.75) is 40.2 Å². The summed E-state index contributed by atoms with van der Waals surface area (Å²) in [5, 5.41) is 11.5. The van der Waals surface area contributed by atoms with Crippen LogP contribution >= 0.6 is 0 Å². The number of hydrogen-bond donors (Lipinski definition) is 2. The Hall–Kier alpha value is -1.98. The first-order valence-electron chi connectivity index (χ1n) is 6.69. The zero-order chi connectivity index (χ0) is 15.3. The molecule has 6 heteroatoms. The third-order valence-corrected chi connectivity index (χ3v) is 3.15. The van der Waals surface area contributed by atoms with Crippen molar-refractivity contribution in [1.29, 1.82) is 0 Å². The predicted octanol–water partition coefficient (Wildman–Crippen LogP) is 2.46. The Morgan fingerprint density at radius 3 is 2.55 bits per heavy atom. The fraction of sp³-hybridized carbons (Fsp3) is 0.571. The second-order valence-corrected chi connectivity index (χ2v) is 4.76. The van der Waals surface area contributed by atoms with Crippen molar-refractivity contribution in [1.82, 2.24) is 10.2 Å². The van der Waals surface area contributed by atoms with Crippen molar-refractivity contribution in [3.05, 3.63) is 23.2 Å². The number of hydrogen-bond acceptors (Lipinski definition) is 3. The molecule has 6 nitrogen and oxygen atoms in total. The summed E-state index contributed by atoms with van der Waals surface area (Å²) < 4.78 is 5.44. The Labute approximate surface area is 118 Å². The molecule has 20 heavy (non-hydrogen) atoms. The fourth-order valence-corrected chi connectivity index (χ4v) is 2.07. The number of carbonyl (C=O) groups excluding carboxylic acids is 1. The fourth-order valence-electron chi connectivity index (χ4n) is 2.07. The van der Waals surface area contributed by atoms with E-state index in [4.69, 9.17) is 9.52 Å². The molecule has 1 atom stereocenters. The number of amides is 2. The van der Waals surface area contributed by atoms with Gasteiger partial charge in [-0.2, -0.15) is 0 Å². The number of carboxylic acids is 1. The molecule has 0 fully saturated rings. The van der Waals surface area contributed by atoms with Crippen LogP contribution < -0.4 is 5.32 Å². The SMILES string of the molecule is CCN(CCC(=O)O)C(=O)NC(C)c1cc(C)oc1C. The van der Waals surface area contributed by atoms with Crippen LogP contribution in [0.5, 0.6) is 0 Å². The van der Waals surface area contributed by atoms with E-state index < -0.39 is 5.97 Å². The lowest BCUT2D eigenvalue weighted by Crippen LogP contribution is -2.42. The van der Waals surface area contributed by atoms with Gasteiger partial charge in [-0.15, -0.1) is 0 Å². The lowest BCUT2D eigenvalue weighted by atomic mass is 10.1. The van der Waals surface area contributed by atoms with Crippen LogP contribution in [-0.4, -0.2) is 35.1 Å². The van der Waals surface area contributed by atoms with Crippen LogP contribution in [-0.2, 0) is 4.79 Å². The number of nitrogens with one attached hydrogen (secondary N) is 1. The highest BCUT2D eigenvalue weighted by atomic mass is 16.4. The van der Waals surface area contributed by atoms with Crippen molar-refractivity contribution in [3.63, 3.8) is 0 Å². The van der Waals surface area contributed by atoms with Gasteiger partial charge in [-0.25, -0.2) is 4.79 Å². The van der Waals surface area contributed by atoms with Crippen molar-refractivity contribution < 1.29 is 19.1 Å². The number of rotatable bonds is 6. The van der Waals surface area contributed by atoms with Crippen molar-refractivity contribution >= 4 is 12.0 Å². The van der Waals surface area contributed by atoms with Crippen LogP contribution in [0.2, 0.25) is 0 Å². The minimum atomic E-state index is -0.911. The Balaban J connectivity index is 2.63. The predicted molar refractivity (Wildman–Crippen MR) is 74.6 cm³/mol. The highest BCUT2D eigenvalue weighted by Crippen LogP contribution is 2.21. The molecule has 1 aromatic rings. The van der Waals surface area contributed by atoms with Crippen LogP contribution in [0.3, 0.4) is 0 Å². The van der Waals surface area contributed by atoms with Gasteiger partial charge in [-0.1, -0.05) is 0 Å². The average Bonchev–Trinajstić information content (AvgIpc) is 2.68. The number of carbonyl (C=O) groups is 2. The number of aryl methyl sites for hydroxylation is 2. The Kier molecular flexibility index (Phi) is 5.61. The molecule has 0 saturated heterocycles. The quantitative estimate of drug-likeness (QED) is 0.839. The molecular weight excluding hydrogens is 260 g/mol. The van der Waals surface area contributed by atoms with Crippen molar-refractivity contribution in [2.75, 3.05) is 13.1 Å². The first-order chi connectivity index (χ1) is 9.35. The molecule has 0 spiro atoms. The van der Waals surface area contributed by atoms with E-state index in [2.05, 4.69) is 5.32 Å². The maximum absolute atomic E-state index is 12.1. The summed E-state index contributed by atoms with van der Waals surface area (Å²) in [5.41, 5.74) is 0.935. The summed E-state index contributed by atoms with van der Waals surface area (Å²) in [4.78, 5) is 24.1. The van der Waals surface area contributed by atoms with Crippen LogP contribution in [0.15, 0.2) is 10.5 Å². The molecule has 0 aromatic carbocycles. The molecule has 2 amide bonds. The number of nitrogens with zero attached hydrogens (tertiary/aromatic N) is 1. The van der Waals surface area contributed by atoms with E-state index in [0.29, 0.717) is 6.54 Å². The smallest absolute Gasteiger partial charge is 0.317 e. The molecule has 0 aliphatic heterocycles. The lowest BCUT2D eigenvalue weighted by molar-refractivity contribution is -0.137. The number of carboxylic acid groups (broad SMARTS) is 1. The Morgan fingerprint density at radius 1 is 1.45 bits per heavy atom. The highest BCUT2D eigenvalue weighted by Gasteiger charge is 2.18. The third kappa shape index (κ3) is 4.29. The van der Waals surface area contributed by atoms with Crippen molar-refractivity contribution in [2.24, 2.45) is 0 Å². The highest BCUT2D eigenvalue weighted by molar-refractivity contribution is 5.75. The van der Waals surface area contributed by atoms with Gasteiger partial charge in [0.2, 0.25) is 0 Å². The molecule has 0 radical (unpaired) electrons. The Bertz CT molecular complexity index is 482. The van der Waals surface area contributed by atoms with Crippen LogP contribution in [0.4, 0.5) is 4.79 Å². The maximum Gasteiger partial charge on any atom is 0.317 e. The molecule has 0 aliphatic carbocycles. The maximum atomic E-state index is 12.1. The van der Waals surface area contributed by atoms with E-state index >= 15 is 0 Å². The monoisotopic (exact) mass is 282 g/mol. The molecular formula is C14H22N2O4. The second kappa shape index (κ2) is 6.98. The lowest BCUT2D eigenvalue weighted by Gasteiger charge is -2.23. The van der Waals surface area contributed by atoms with Gasteiger partial charge in [0.25, 0.3) is 0 Å². The normalized spacial score (nSPS) is 12.0. The summed E-state index contributed by atoms with van der Waals surface area (Å²) in [5.74, 6) is 0.673. The van der Waals surface area contributed by atoms with Crippen molar-refractivity contribution in [3.8, 4) is 0 Å². The van der Waals surface area contributed by atoms with E-state index in [-0.39, 0.29) is 25.0 Å². The molecule has 0 aliphatic rings. The van der Waals surface area contributed by atoms with Gasteiger partial charge in [0.1, 0.15) is 11.5 Å². The van der Waals surface area contributed by atoms with E-state index in [1.807, 2.05) is 33.8 Å². The van der Waals surface area contributed by atoms with Gasteiger partial charge in [-0.05, 0) is 33.8 Å². The first-order valence-corrected chi connectivity index (χ1v) is 6.69. The summed E-state index contributed by atoms with van der Waals surface area (Å²) in [6.45, 7) is 8.08. The minimum absolute atomic E-state index is 0.0561. The van der Waals surface area contributed by atoms with Gasteiger partial charge < -0.3 is 19.7 Å².